The third-order valence-electron chi connectivity index (χ3n) is 3.42. The van der Waals surface area contributed by atoms with Gasteiger partial charge in [-0.15, -0.1) is 0 Å². The summed E-state index contributed by atoms with van der Waals surface area (Å²) in [5.41, 5.74) is 0.973. The van der Waals surface area contributed by atoms with E-state index in [0.29, 0.717) is 23.5 Å². The van der Waals surface area contributed by atoms with Crippen LogP contribution in [0.5, 0.6) is 5.75 Å². The lowest BCUT2D eigenvalue weighted by Crippen LogP contribution is -2.30. The molecule has 1 aromatic carbocycles. The molecule has 0 aliphatic rings. The molecule has 0 heterocycles. The van der Waals surface area contributed by atoms with Crippen molar-refractivity contribution < 1.29 is 14.3 Å². The van der Waals surface area contributed by atoms with Crippen LogP contribution in [0.15, 0.2) is 18.2 Å². The van der Waals surface area contributed by atoms with Crippen molar-refractivity contribution in [2.24, 2.45) is 0 Å². The first-order valence-electron chi connectivity index (χ1n) is 7.94. The van der Waals surface area contributed by atoms with Gasteiger partial charge >= 0.3 is 6.03 Å². The van der Waals surface area contributed by atoms with Gasteiger partial charge in [0.15, 0.2) is 0 Å². The summed E-state index contributed by atoms with van der Waals surface area (Å²) in [5, 5.41) is 5.55. The Labute approximate surface area is 138 Å². The van der Waals surface area contributed by atoms with E-state index in [1.165, 1.54) is 18.4 Å². The van der Waals surface area contributed by atoms with Crippen LogP contribution < -0.4 is 15.4 Å². The highest BCUT2D eigenvalue weighted by atomic mass is 16.5. The van der Waals surface area contributed by atoms with Crippen LogP contribution in [-0.2, 0) is 0 Å². The highest BCUT2D eigenvalue weighted by Crippen LogP contribution is 2.25. The minimum absolute atomic E-state index is 0.129. The van der Waals surface area contributed by atoms with Crippen molar-refractivity contribution in [3.8, 4) is 5.75 Å². The maximum absolute atomic E-state index is 12.0. The van der Waals surface area contributed by atoms with Gasteiger partial charge in [0.05, 0.1) is 12.8 Å². The number of hydrogen-bond donors (Lipinski definition) is 2. The fourth-order valence-electron chi connectivity index (χ4n) is 2.12. The number of amides is 3. The molecule has 0 fully saturated rings. The number of anilines is 1. The zero-order valence-electron chi connectivity index (χ0n) is 14.4. The third-order valence-corrected chi connectivity index (χ3v) is 3.42. The molecule has 3 amide bonds. The summed E-state index contributed by atoms with van der Waals surface area (Å²) >= 11 is 0. The maximum Gasteiger partial charge on any atom is 0.319 e. The standard InChI is InChI=1S/C17H27N3O3/c1-5-6-7-8-11-18-17(22)19-14-12-13(16(21)20(2)3)9-10-15(14)23-4/h9-10,12H,5-8,11H2,1-4H3,(H2,18,19,22). The Hall–Kier alpha value is -2.24. The van der Waals surface area contributed by atoms with E-state index in [0.717, 1.165) is 19.3 Å². The second kappa shape index (κ2) is 9.71. The van der Waals surface area contributed by atoms with E-state index < -0.39 is 0 Å². The zero-order valence-corrected chi connectivity index (χ0v) is 14.4. The molecule has 6 heteroatoms. The molecule has 0 radical (unpaired) electrons. The predicted molar refractivity (Wildman–Crippen MR) is 92.2 cm³/mol. The zero-order chi connectivity index (χ0) is 17.2. The average Bonchev–Trinajstić information content (AvgIpc) is 2.53. The second-order valence-electron chi connectivity index (χ2n) is 5.56. The Kier molecular flexibility index (Phi) is 7.94. The molecule has 0 spiro atoms. The number of rotatable bonds is 8. The molecule has 23 heavy (non-hydrogen) atoms. The number of carbonyl (C=O) groups excluding carboxylic acids is 2. The molecule has 1 rings (SSSR count). The van der Waals surface area contributed by atoms with E-state index in [4.69, 9.17) is 4.74 Å². The summed E-state index contributed by atoms with van der Waals surface area (Å²) in [5.74, 6) is 0.386. The summed E-state index contributed by atoms with van der Waals surface area (Å²) in [6, 6.07) is 4.68. The van der Waals surface area contributed by atoms with Gasteiger partial charge in [-0.3, -0.25) is 4.79 Å². The van der Waals surface area contributed by atoms with Crippen molar-refractivity contribution in [3.63, 3.8) is 0 Å². The Morgan fingerprint density at radius 2 is 1.91 bits per heavy atom. The molecule has 0 saturated carbocycles. The van der Waals surface area contributed by atoms with E-state index in [-0.39, 0.29) is 11.9 Å². The van der Waals surface area contributed by atoms with E-state index in [1.807, 2.05) is 0 Å². The topological polar surface area (TPSA) is 70.7 Å². The molecule has 0 aliphatic heterocycles. The molecule has 0 unspecified atom stereocenters. The van der Waals surface area contributed by atoms with Crippen LogP contribution in [0.2, 0.25) is 0 Å². The second-order valence-corrected chi connectivity index (χ2v) is 5.56. The van der Waals surface area contributed by atoms with E-state index in [9.17, 15) is 9.59 Å². The molecule has 1 aromatic rings. The summed E-state index contributed by atoms with van der Waals surface area (Å²) < 4.78 is 5.23. The monoisotopic (exact) mass is 321 g/mol. The SMILES string of the molecule is CCCCCCNC(=O)Nc1cc(C(=O)N(C)C)ccc1OC. The lowest BCUT2D eigenvalue weighted by Gasteiger charge is -2.14. The fraction of sp³-hybridized carbons (Fsp3) is 0.529. The number of carbonyl (C=O) groups is 2. The summed E-state index contributed by atoms with van der Waals surface area (Å²) in [6.45, 7) is 2.78. The normalized spacial score (nSPS) is 10.1. The number of benzene rings is 1. The van der Waals surface area contributed by atoms with Crippen LogP contribution in [-0.4, -0.2) is 44.6 Å². The van der Waals surface area contributed by atoms with Crippen molar-refractivity contribution in [1.82, 2.24) is 10.2 Å². The fourth-order valence-corrected chi connectivity index (χ4v) is 2.12. The lowest BCUT2D eigenvalue weighted by molar-refractivity contribution is 0.0827. The molecule has 0 aromatic heterocycles. The quantitative estimate of drug-likeness (QED) is 0.723. The number of nitrogens with zero attached hydrogens (tertiary/aromatic N) is 1. The van der Waals surface area contributed by atoms with Crippen LogP contribution in [0.3, 0.4) is 0 Å². The maximum atomic E-state index is 12.0. The molecule has 0 bridgehead atoms. The van der Waals surface area contributed by atoms with Gasteiger partial charge in [0.25, 0.3) is 5.91 Å². The van der Waals surface area contributed by atoms with E-state index in [2.05, 4.69) is 17.6 Å². The molecule has 128 valence electrons. The summed E-state index contributed by atoms with van der Waals surface area (Å²) in [6.07, 6.45) is 4.40. The van der Waals surface area contributed by atoms with Crippen LogP contribution in [0.4, 0.5) is 10.5 Å². The van der Waals surface area contributed by atoms with Crippen molar-refractivity contribution >= 4 is 17.6 Å². The number of hydrogen-bond acceptors (Lipinski definition) is 3. The largest absolute Gasteiger partial charge is 0.495 e. The molecule has 0 atom stereocenters. The van der Waals surface area contributed by atoms with Crippen LogP contribution in [0.25, 0.3) is 0 Å². The van der Waals surface area contributed by atoms with Crippen molar-refractivity contribution in [2.75, 3.05) is 33.1 Å². The Bertz CT molecular complexity index is 530. The number of unbranched alkanes of at least 4 members (excludes halogenated alkanes) is 3. The van der Waals surface area contributed by atoms with Gasteiger partial charge in [-0.05, 0) is 24.6 Å². The molecular weight excluding hydrogens is 294 g/mol. The van der Waals surface area contributed by atoms with E-state index >= 15 is 0 Å². The van der Waals surface area contributed by atoms with Crippen LogP contribution in [0, 0.1) is 0 Å². The highest BCUT2D eigenvalue weighted by molar-refractivity contribution is 5.97. The van der Waals surface area contributed by atoms with Gasteiger partial charge in [0, 0.05) is 26.2 Å². The molecule has 0 saturated heterocycles. The first kappa shape index (κ1) is 18.8. The van der Waals surface area contributed by atoms with Crippen molar-refractivity contribution in [1.29, 1.82) is 0 Å². The van der Waals surface area contributed by atoms with E-state index in [1.54, 1.807) is 32.3 Å². The van der Waals surface area contributed by atoms with Crippen LogP contribution >= 0.6 is 0 Å². The number of ether oxygens (including phenoxy) is 1. The Morgan fingerprint density at radius 3 is 2.52 bits per heavy atom. The molecule has 2 N–H and O–H groups in total. The van der Waals surface area contributed by atoms with Gasteiger partial charge in [0.2, 0.25) is 0 Å². The number of nitrogens with one attached hydrogen (secondary N) is 2. The van der Waals surface area contributed by atoms with Gasteiger partial charge < -0.3 is 20.3 Å². The molecule has 0 aliphatic carbocycles. The minimum Gasteiger partial charge on any atom is -0.495 e. The van der Waals surface area contributed by atoms with Gasteiger partial charge in [-0.25, -0.2) is 4.79 Å². The first-order valence-corrected chi connectivity index (χ1v) is 7.94. The smallest absolute Gasteiger partial charge is 0.319 e. The molecular formula is C17H27N3O3. The van der Waals surface area contributed by atoms with Gasteiger partial charge in [-0.1, -0.05) is 26.2 Å². The first-order chi connectivity index (χ1) is 11.0. The summed E-state index contributed by atoms with van der Waals surface area (Å²) in [4.78, 5) is 25.5. The average molecular weight is 321 g/mol. The van der Waals surface area contributed by atoms with Gasteiger partial charge in [0.1, 0.15) is 5.75 Å². The Morgan fingerprint density at radius 1 is 1.17 bits per heavy atom. The minimum atomic E-state index is -0.297. The number of methoxy groups -OCH3 is 1. The predicted octanol–water partition coefficient (Wildman–Crippen LogP) is 3.10. The lowest BCUT2D eigenvalue weighted by atomic mass is 10.1. The van der Waals surface area contributed by atoms with Crippen LogP contribution in [0.1, 0.15) is 43.0 Å². The van der Waals surface area contributed by atoms with Gasteiger partial charge in [-0.2, -0.15) is 0 Å². The summed E-state index contributed by atoms with van der Waals surface area (Å²) in [7, 11) is 4.89. The van der Waals surface area contributed by atoms with Crippen molar-refractivity contribution in [3.05, 3.63) is 23.8 Å². The third kappa shape index (κ3) is 6.18. The molecule has 6 nitrogen and oxygen atoms in total. The number of urea groups is 1. The highest BCUT2D eigenvalue weighted by Gasteiger charge is 2.13. The van der Waals surface area contributed by atoms with Crippen molar-refractivity contribution in [2.45, 2.75) is 32.6 Å². The Balaban J connectivity index is 2.68.